The van der Waals surface area contributed by atoms with Gasteiger partial charge in [-0.1, -0.05) is 54.1 Å². The van der Waals surface area contributed by atoms with E-state index in [0.717, 1.165) is 18.1 Å². The Morgan fingerprint density at radius 1 is 0.950 bits per heavy atom. The molecule has 1 heterocycles. The second kappa shape index (κ2) is 5.51. The number of anilines is 2. The topological polar surface area (TPSA) is 16.1 Å². The first-order chi connectivity index (χ1) is 9.79. The lowest BCUT2D eigenvalue weighted by molar-refractivity contribution is 0.995. The predicted octanol–water partition coefficient (Wildman–Crippen LogP) is 5.05. The first-order valence-corrected chi connectivity index (χ1v) is 7.05. The first kappa shape index (κ1) is 12.9. The summed E-state index contributed by atoms with van der Waals surface area (Å²) >= 11 is 6.01. The molecule has 20 heavy (non-hydrogen) atoms. The molecular weight excluding hydrogens is 268 g/mol. The number of hydrogen-bond acceptors (Lipinski definition) is 2. The van der Waals surface area contributed by atoms with Crippen LogP contribution in [0.3, 0.4) is 0 Å². The number of fused-ring (bicyclic) bond motifs is 1. The van der Waals surface area contributed by atoms with Crippen molar-refractivity contribution in [1.82, 2.24) is 4.98 Å². The van der Waals surface area contributed by atoms with Crippen LogP contribution in [0.25, 0.3) is 10.8 Å². The van der Waals surface area contributed by atoms with Crippen LogP contribution in [0.15, 0.2) is 60.7 Å². The van der Waals surface area contributed by atoms with Gasteiger partial charge < -0.3 is 4.90 Å². The summed E-state index contributed by atoms with van der Waals surface area (Å²) in [6, 6.07) is 20.4. The van der Waals surface area contributed by atoms with Gasteiger partial charge in [0.1, 0.15) is 11.0 Å². The average molecular weight is 283 g/mol. The van der Waals surface area contributed by atoms with Crippen LogP contribution in [0.4, 0.5) is 11.5 Å². The highest BCUT2D eigenvalue weighted by Gasteiger charge is 2.11. The number of nitrogens with zero attached hydrogens (tertiary/aromatic N) is 2. The smallest absolute Gasteiger partial charge is 0.134 e. The molecule has 0 radical (unpaired) electrons. The molecule has 2 nitrogen and oxygen atoms in total. The lowest BCUT2D eigenvalue weighted by Gasteiger charge is -2.23. The van der Waals surface area contributed by atoms with E-state index < -0.39 is 0 Å². The van der Waals surface area contributed by atoms with Gasteiger partial charge in [0.05, 0.1) is 5.69 Å². The van der Waals surface area contributed by atoms with Crippen molar-refractivity contribution in [2.24, 2.45) is 0 Å². The Balaban J connectivity index is 2.17. The first-order valence-electron chi connectivity index (χ1n) is 6.67. The summed E-state index contributed by atoms with van der Waals surface area (Å²) in [5.74, 6) is 0.872. The molecule has 1 aromatic heterocycles. The Hall–Kier alpha value is -2.06. The van der Waals surface area contributed by atoms with E-state index in [1.54, 1.807) is 6.07 Å². The van der Waals surface area contributed by atoms with Crippen LogP contribution < -0.4 is 4.90 Å². The van der Waals surface area contributed by atoms with Crippen molar-refractivity contribution in [3.8, 4) is 0 Å². The lowest BCUT2D eigenvalue weighted by atomic mass is 10.1. The summed E-state index contributed by atoms with van der Waals surface area (Å²) in [7, 11) is 0. The van der Waals surface area contributed by atoms with E-state index >= 15 is 0 Å². The van der Waals surface area contributed by atoms with Gasteiger partial charge in [0, 0.05) is 11.9 Å². The van der Waals surface area contributed by atoms with Gasteiger partial charge >= 0.3 is 0 Å². The van der Waals surface area contributed by atoms with Crippen LogP contribution in [0.5, 0.6) is 0 Å². The number of rotatable bonds is 3. The second-order valence-corrected chi connectivity index (χ2v) is 4.95. The normalized spacial score (nSPS) is 10.7. The van der Waals surface area contributed by atoms with Crippen molar-refractivity contribution in [2.75, 3.05) is 11.4 Å². The van der Waals surface area contributed by atoms with Gasteiger partial charge in [0.25, 0.3) is 0 Å². The van der Waals surface area contributed by atoms with E-state index in [0.29, 0.717) is 5.15 Å². The van der Waals surface area contributed by atoms with Gasteiger partial charge in [-0.25, -0.2) is 4.98 Å². The molecule has 0 saturated carbocycles. The van der Waals surface area contributed by atoms with Gasteiger partial charge in [-0.05, 0) is 30.5 Å². The van der Waals surface area contributed by atoms with E-state index in [1.807, 2.05) is 12.1 Å². The third-order valence-electron chi connectivity index (χ3n) is 3.35. The molecule has 3 aromatic rings. The molecule has 0 fully saturated rings. The standard InChI is InChI=1S/C17H15ClN2/c1-2-20(17-12-6-11-16(18)19-17)15-10-5-8-13-7-3-4-9-14(13)15/h3-12H,2H2,1H3. The van der Waals surface area contributed by atoms with Crippen molar-refractivity contribution in [3.63, 3.8) is 0 Å². The molecule has 0 amide bonds. The molecule has 3 heteroatoms. The Morgan fingerprint density at radius 3 is 2.50 bits per heavy atom. The fraction of sp³-hybridized carbons (Fsp3) is 0.118. The van der Waals surface area contributed by atoms with Crippen LogP contribution in [0.2, 0.25) is 5.15 Å². The highest BCUT2D eigenvalue weighted by Crippen LogP contribution is 2.31. The summed E-state index contributed by atoms with van der Waals surface area (Å²) in [6.07, 6.45) is 0. The molecule has 0 bridgehead atoms. The Morgan fingerprint density at radius 2 is 1.70 bits per heavy atom. The summed E-state index contributed by atoms with van der Waals surface area (Å²) in [4.78, 5) is 6.59. The zero-order chi connectivity index (χ0) is 13.9. The number of aromatic nitrogens is 1. The van der Waals surface area contributed by atoms with E-state index in [1.165, 1.54) is 10.8 Å². The van der Waals surface area contributed by atoms with E-state index in [2.05, 4.69) is 59.3 Å². The largest absolute Gasteiger partial charge is 0.326 e. The maximum absolute atomic E-state index is 6.01. The Labute approximate surface area is 123 Å². The Bertz CT molecular complexity index is 734. The van der Waals surface area contributed by atoms with Crippen molar-refractivity contribution < 1.29 is 0 Å². The molecule has 0 aliphatic carbocycles. The van der Waals surface area contributed by atoms with Crippen LogP contribution in [0, 0.1) is 0 Å². The highest BCUT2D eigenvalue weighted by molar-refractivity contribution is 6.29. The predicted molar refractivity (Wildman–Crippen MR) is 85.9 cm³/mol. The molecule has 0 atom stereocenters. The van der Waals surface area contributed by atoms with Gasteiger partial charge in [-0.2, -0.15) is 0 Å². The lowest BCUT2D eigenvalue weighted by Crippen LogP contribution is -2.17. The maximum atomic E-state index is 6.01. The molecular formula is C17H15ClN2. The van der Waals surface area contributed by atoms with E-state index in [4.69, 9.17) is 11.6 Å². The van der Waals surface area contributed by atoms with Gasteiger partial charge in [-0.15, -0.1) is 0 Å². The maximum Gasteiger partial charge on any atom is 0.134 e. The Kier molecular flexibility index (Phi) is 3.57. The van der Waals surface area contributed by atoms with Crippen LogP contribution in [-0.4, -0.2) is 11.5 Å². The summed E-state index contributed by atoms with van der Waals surface area (Å²) in [5, 5.41) is 2.96. The van der Waals surface area contributed by atoms with Gasteiger partial charge in [0.2, 0.25) is 0 Å². The SMILES string of the molecule is CCN(c1cccc(Cl)n1)c1cccc2ccccc12. The molecule has 3 rings (SSSR count). The fourth-order valence-corrected chi connectivity index (χ4v) is 2.61. The summed E-state index contributed by atoms with van der Waals surface area (Å²) < 4.78 is 0. The van der Waals surface area contributed by atoms with Crippen LogP contribution in [-0.2, 0) is 0 Å². The van der Waals surface area contributed by atoms with Crippen molar-refractivity contribution in [3.05, 3.63) is 65.8 Å². The monoisotopic (exact) mass is 282 g/mol. The third kappa shape index (κ3) is 2.35. The average Bonchev–Trinajstić information content (AvgIpc) is 2.48. The van der Waals surface area contributed by atoms with E-state index in [-0.39, 0.29) is 0 Å². The van der Waals surface area contributed by atoms with Crippen molar-refractivity contribution in [1.29, 1.82) is 0 Å². The molecule has 100 valence electrons. The minimum absolute atomic E-state index is 0.515. The van der Waals surface area contributed by atoms with Gasteiger partial charge in [0.15, 0.2) is 0 Å². The number of hydrogen-bond donors (Lipinski definition) is 0. The van der Waals surface area contributed by atoms with Crippen LogP contribution >= 0.6 is 11.6 Å². The molecule has 0 aliphatic heterocycles. The minimum atomic E-state index is 0.515. The fourth-order valence-electron chi connectivity index (χ4n) is 2.45. The van der Waals surface area contributed by atoms with E-state index in [9.17, 15) is 0 Å². The third-order valence-corrected chi connectivity index (χ3v) is 3.56. The second-order valence-electron chi connectivity index (χ2n) is 4.56. The molecule has 0 unspecified atom stereocenters. The summed E-state index contributed by atoms with van der Waals surface area (Å²) in [5.41, 5.74) is 1.15. The van der Waals surface area contributed by atoms with Crippen LogP contribution in [0.1, 0.15) is 6.92 Å². The van der Waals surface area contributed by atoms with Crippen molar-refractivity contribution in [2.45, 2.75) is 6.92 Å². The minimum Gasteiger partial charge on any atom is -0.326 e. The molecule has 2 aromatic carbocycles. The van der Waals surface area contributed by atoms with Crippen molar-refractivity contribution >= 4 is 33.9 Å². The number of benzene rings is 2. The molecule has 0 saturated heterocycles. The van der Waals surface area contributed by atoms with Gasteiger partial charge in [-0.3, -0.25) is 0 Å². The highest BCUT2D eigenvalue weighted by atomic mass is 35.5. The number of halogens is 1. The zero-order valence-electron chi connectivity index (χ0n) is 11.3. The number of pyridine rings is 1. The summed E-state index contributed by atoms with van der Waals surface area (Å²) in [6.45, 7) is 2.95. The molecule has 0 spiro atoms. The zero-order valence-corrected chi connectivity index (χ0v) is 12.0. The molecule has 0 aliphatic rings. The molecule has 0 N–H and O–H groups in total. The quantitative estimate of drug-likeness (QED) is 0.625.